The Morgan fingerprint density at radius 2 is 1.87 bits per heavy atom. The van der Waals surface area contributed by atoms with Crippen LogP contribution in [0.1, 0.15) is 46.0 Å². The number of carbonyl (C=O) groups is 1. The van der Waals surface area contributed by atoms with Crippen molar-refractivity contribution in [2.45, 2.75) is 52.6 Å². The number of amides is 1. The lowest BCUT2D eigenvalue weighted by atomic mass is 9.86. The standard InChI is InChI=1S/C28H35N3O6S/c1-16-17(2)24-21(18(3)23(16)32)9-10-28(4,37-24)26(34)31(12-11-29)13-14-36-20-7-5-19(6-8-20)15-22-25(33)30-27(35)38-22/h5-8,32-33H,9-15,29H2,1-4H3,(H,30,35). The van der Waals surface area contributed by atoms with E-state index in [1.54, 1.807) is 4.90 Å². The quantitative estimate of drug-likeness (QED) is 0.326. The summed E-state index contributed by atoms with van der Waals surface area (Å²) in [6, 6.07) is 7.39. The molecule has 2 aromatic carbocycles. The van der Waals surface area contributed by atoms with E-state index in [1.807, 2.05) is 52.0 Å². The van der Waals surface area contributed by atoms with Gasteiger partial charge in [0.15, 0.2) is 5.60 Å². The van der Waals surface area contributed by atoms with E-state index in [1.165, 1.54) is 0 Å². The first-order valence-corrected chi connectivity index (χ1v) is 13.5. The van der Waals surface area contributed by atoms with Gasteiger partial charge in [-0.2, -0.15) is 0 Å². The molecule has 0 saturated carbocycles. The van der Waals surface area contributed by atoms with Crippen molar-refractivity contribution < 1.29 is 24.5 Å². The van der Waals surface area contributed by atoms with Crippen LogP contribution < -0.4 is 20.1 Å². The second kappa shape index (κ2) is 11.1. The number of nitrogens with zero attached hydrogens (tertiary/aromatic N) is 1. The van der Waals surface area contributed by atoms with Gasteiger partial charge in [-0.25, -0.2) is 0 Å². The van der Waals surface area contributed by atoms with Gasteiger partial charge in [0.2, 0.25) is 5.88 Å². The molecule has 0 radical (unpaired) electrons. The minimum atomic E-state index is -1.04. The van der Waals surface area contributed by atoms with Crippen LogP contribution in [0.3, 0.4) is 0 Å². The first kappa shape index (κ1) is 27.5. The third-order valence-corrected chi connectivity index (χ3v) is 8.15. The Hall–Kier alpha value is -3.50. The molecule has 1 aliphatic heterocycles. The highest BCUT2D eigenvalue weighted by atomic mass is 32.1. The van der Waals surface area contributed by atoms with Crippen LogP contribution in [0.2, 0.25) is 0 Å². The third kappa shape index (κ3) is 5.51. The van der Waals surface area contributed by atoms with Crippen molar-refractivity contribution in [2.75, 3.05) is 26.2 Å². The molecule has 4 rings (SSSR count). The molecule has 204 valence electrons. The molecule has 2 heterocycles. The largest absolute Gasteiger partial charge is 0.507 e. The molecule has 38 heavy (non-hydrogen) atoms. The van der Waals surface area contributed by atoms with E-state index in [9.17, 15) is 19.8 Å². The van der Waals surface area contributed by atoms with Gasteiger partial charge < -0.3 is 30.3 Å². The lowest BCUT2D eigenvalue weighted by molar-refractivity contribution is -0.148. The summed E-state index contributed by atoms with van der Waals surface area (Å²) in [6.07, 6.45) is 1.57. The number of carbonyl (C=O) groups excluding carboxylic acids is 1. The number of ether oxygens (including phenoxy) is 2. The normalized spacial score (nSPS) is 16.6. The van der Waals surface area contributed by atoms with E-state index in [2.05, 4.69) is 4.98 Å². The number of nitrogens with two attached hydrogens (primary N) is 1. The summed E-state index contributed by atoms with van der Waals surface area (Å²) in [4.78, 5) is 29.4. The summed E-state index contributed by atoms with van der Waals surface area (Å²) >= 11 is 0.987. The van der Waals surface area contributed by atoms with Gasteiger partial charge in [0, 0.05) is 31.5 Å². The molecule has 10 heteroatoms. The SMILES string of the molecule is Cc1c(C)c2c(c(C)c1O)CCC(C)(C(=O)N(CCN)CCOc1ccc(Cc3sc(=O)[nH]c3O)cc1)O2. The van der Waals surface area contributed by atoms with Crippen molar-refractivity contribution in [1.82, 2.24) is 9.88 Å². The Morgan fingerprint density at radius 1 is 1.16 bits per heavy atom. The number of rotatable bonds is 9. The zero-order valence-electron chi connectivity index (χ0n) is 22.2. The predicted molar refractivity (Wildman–Crippen MR) is 147 cm³/mol. The van der Waals surface area contributed by atoms with Crippen molar-refractivity contribution in [3.05, 3.63) is 66.6 Å². The fourth-order valence-corrected chi connectivity index (χ4v) is 5.60. The third-order valence-electron chi connectivity index (χ3n) is 7.28. The van der Waals surface area contributed by atoms with Crippen LogP contribution >= 0.6 is 11.3 Å². The lowest BCUT2D eigenvalue weighted by Crippen LogP contribution is -2.54. The first-order chi connectivity index (χ1) is 18.0. The van der Waals surface area contributed by atoms with Gasteiger partial charge >= 0.3 is 4.87 Å². The van der Waals surface area contributed by atoms with E-state index < -0.39 is 5.60 Å². The molecule has 0 bridgehead atoms. The molecule has 9 nitrogen and oxygen atoms in total. The summed E-state index contributed by atoms with van der Waals surface area (Å²) in [6.45, 7) is 8.78. The number of aromatic hydroxyl groups is 2. The number of benzene rings is 2. The average Bonchev–Trinajstić information content (AvgIpc) is 3.22. The van der Waals surface area contributed by atoms with Crippen LogP contribution in [0.5, 0.6) is 23.1 Å². The molecule has 1 amide bonds. The number of fused-ring (bicyclic) bond motifs is 1. The molecular weight excluding hydrogens is 506 g/mol. The molecule has 1 atom stereocenters. The fourth-order valence-electron chi connectivity index (χ4n) is 4.84. The number of thiazole rings is 1. The topological polar surface area (TPSA) is 138 Å². The van der Waals surface area contributed by atoms with Gasteiger partial charge in [0.25, 0.3) is 5.91 Å². The van der Waals surface area contributed by atoms with Crippen molar-refractivity contribution in [3.63, 3.8) is 0 Å². The van der Waals surface area contributed by atoms with Crippen molar-refractivity contribution in [1.29, 1.82) is 0 Å². The van der Waals surface area contributed by atoms with Gasteiger partial charge in [-0.15, -0.1) is 0 Å². The molecular formula is C28H35N3O6S. The van der Waals surface area contributed by atoms with Gasteiger partial charge in [0.05, 0.1) is 11.4 Å². The molecule has 5 N–H and O–H groups in total. The molecule has 1 unspecified atom stereocenters. The van der Waals surface area contributed by atoms with Crippen molar-refractivity contribution in [3.8, 4) is 23.1 Å². The zero-order chi connectivity index (χ0) is 27.6. The van der Waals surface area contributed by atoms with E-state index >= 15 is 0 Å². The predicted octanol–water partition coefficient (Wildman–Crippen LogP) is 3.31. The summed E-state index contributed by atoms with van der Waals surface area (Å²) in [5, 5.41) is 20.2. The number of phenols is 1. The molecule has 3 aromatic rings. The monoisotopic (exact) mass is 541 g/mol. The number of hydrogen-bond donors (Lipinski definition) is 4. The van der Waals surface area contributed by atoms with Gasteiger partial charge in [-0.1, -0.05) is 23.5 Å². The van der Waals surface area contributed by atoms with E-state index in [0.29, 0.717) is 55.3 Å². The summed E-state index contributed by atoms with van der Waals surface area (Å²) < 4.78 is 12.3. The van der Waals surface area contributed by atoms with Crippen LogP contribution in [0.25, 0.3) is 0 Å². The minimum absolute atomic E-state index is 0.0947. The maximum absolute atomic E-state index is 13.7. The molecule has 0 fully saturated rings. The van der Waals surface area contributed by atoms with Crippen LogP contribution in [0.15, 0.2) is 29.1 Å². The highest BCUT2D eigenvalue weighted by molar-refractivity contribution is 7.09. The maximum atomic E-state index is 13.7. The lowest BCUT2D eigenvalue weighted by Gasteiger charge is -2.39. The summed E-state index contributed by atoms with van der Waals surface area (Å²) in [5.41, 5.74) is 9.08. The van der Waals surface area contributed by atoms with E-state index in [0.717, 1.165) is 39.2 Å². The Kier molecular flexibility index (Phi) is 8.03. The number of H-pyrrole nitrogens is 1. The second-order valence-electron chi connectivity index (χ2n) is 9.90. The minimum Gasteiger partial charge on any atom is -0.507 e. The zero-order valence-corrected chi connectivity index (χ0v) is 23.0. The molecule has 0 spiro atoms. The van der Waals surface area contributed by atoms with Gasteiger partial charge in [-0.05, 0) is 68.5 Å². The molecule has 1 aromatic heterocycles. The Balaban J connectivity index is 1.39. The maximum Gasteiger partial charge on any atom is 0.307 e. The number of hydrogen-bond acceptors (Lipinski definition) is 8. The van der Waals surface area contributed by atoms with Gasteiger partial charge in [0.1, 0.15) is 23.9 Å². The second-order valence-corrected chi connectivity index (χ2v) is 11.0. The fraction of sp³-hybridized carbons (Fsp3) is 0.429. The Labute approximate surface area is 225 Å². The van der Waals surface area contributed by atoms with Crippen LogP contribution in [0.4, 0.5) is 0 Å². The smallest absolute Gasteiger partial charge is 0.307 e. The number of aromatic amines is 1. The number of nitrogens with one attached hydrogen (secondary N) is 1. The van der Waals surface area contributed by atoms with Crippen molar-refractivity contribution in [2.24, 2.45) is 5.73 Å². The van der Waals surface area contributed by atoms with Crippen LogP contribution in [-0.4, -0.2) is 57.8 Å². The van der Waals surface area contributed by atoms with E-state index in [4.69, 9.17) is 15.2 Å². The summed E-state index contributed by atoms with van der Waals surface area (Å²) in [7, 11) is 0. The van der Waals surface area contributed by atoms with Gasteiger partial charge in [-0.3, -0.25) is 14.6 Å². The first-order valence-electron chi connectivity index (χ1n) is 12.7. The highest BCUT2D eigenvalue weighted by Gasteiger charge is 2.43. The Bertz CT molecular complexity index is 1380. The molecule has 0 saturated heterocycles. The molecule has 1 aliphatic rings. The van der Waals surface area contributed by atoms with Crippen LogP contribution in [0, 0.1) is 20.8 Å². The Morgan fingerprint density at radius 3 is 2.50 bits per heavy atom. The number of phenolic OH excluding ortho intramolecular Hbond substituents is 1. The summed E-state index contributed by atoms with van der Waals surface area (Å²) in [5.74, 6) is 1.39. The average molecular weight is 542 g/mol. The van der Waals surface area contributed by atoms with Crippen molar-refractivity contribution >= 4 is 17.2 Å². The molecule has 0 aliphatic carbocycles. The van der Waals surface area contributed by atoms with E-state index in [-0.39, 0.29) is 29.0 Å². The number of aromatic nitrogens is 1. The highest BCUT2D eigenvalue weighted by Crippen LogP contribution is 2.43. The van der Waals surface area contributed by atoms with Crippen LogP contribution in [-0.2, 0) is 17.6 Å².